The highest BCUT2D eigenvalue weighted by atomic mass is 16.5. The van der Waals surface area contributed by atoms with Crippen molar-refractivity contribution < 1.29 is 9.30 Å². The Morgan fingerprint density at radius 2 is 2.07 bits per heavy atom. The number of nitrogens with zero attached hydrogens (tertiary/aromatic N) is 3. The van der Waals surface area contributed by atoms with Gasteiger partial charge >= 0.3 is 0 Å². The molecule has 0 aliphatic rings. The lowest BCUT2D eigenvalue weighted by Gasteiger charge is -2.05. The number of aromatic nitrogens is 3. The standard InChI is InChI=1S/C11H12N3O/c1-14-8-12-7-13-11(14)9-5-3-4-6-10(9)15-2/h3-8H,1-2H3/q+1. The van der Waals surface area contributed by atoms with Gasteiger partial charge in [0.2, 0.25) is 6.33 Å². The third-order valence-corrected chi connectivity index (χ3v) is 2.17. The number of ether oxygens (including phenoxy) is 1. The van der Waals surface area contributed by atoms with Crippen molar-refractivity contribution in [3.05, 3.63) is 36.9 Å². The first-order valence-corrected chi connectivity index (χ1v) is 4.62. The minimum atomic E-state index is 0.812. The highest BCUT2D eigenvalue weighted by molar-refractivity contribution is 5.61. The van der Waals surface area contributed by atoms with Crippen LogP contribution in [0.3, 0.4) is 0 Å². The van der Waals surface area contributed by atoms with Gasteiger partial charge in [0.25, 0.3) is 12.2 Å². The molecule has 0 atom stereocenters. The molecule has 1 aromatic heterocycles. The molecule has 0 unspecified atom stereocenters. The smallest absolute Gasteiger partial charge is 0.276 e. The van der Waals surface area contributed by atoms with Crippen molar-refractivity contribution in [3.8, 4) is 17.1 Å². The maximum Gasteiger partial charge on any atom is 0.276 e. The van der Waals surface area contributed by atoms with Gasteiger partial charge in [-0.1, -0.05) is 22.1 Å². The topological polar surface area (TPSA) is 38.9 Å². The summed E-state index contributed by atoms with van der Waals surface area (Å²) in [6, 6.07) is 7.78. The molecule has 0 amide bonds. The number of benzene rings is 1. The van der Waals surface area contributed by atoms with Crippen LogP contribution < -0.4 is 9.30 Å². The van der Waals surface area contributed by atoms with E-state index in [0.717, 1.165) is 17.1 Å². The van der Waals surface area contributed by atoms with Gasteiger partial charge in [-0.2, -0.15) is 0 Å². The minimum Gasteiger partial charge on any atom is -0.496 e. The average molecular weight is 202 g/mol. The maximum atomic E-state index is 5.28. The van der Waals surface area contributed by atoms with Crippen LogP contribution in [-0.2, 0) is 7.05 Å². The molecule has 15 heavy (non-hydrogen) atoms. The van der Waals surface area contributed by atoms with Crippen LogP contribution in [0, 0.1) is 0 Å². The second-order valence-corrected chi connectivity index (χ2v) is 3.14. The van der Waals surface area contributed by atoms with Crippen molar-refractivity contribution >= 4 is 0 Å². The van der Waals surface area contributed by atoms with E-state index in [0.29, 0.717) is 0 Å². The Morgan fingerprint density at radius 3 is 2.80 bits per heavy atom. The summed E-state index contributed by atoms with van der Waals surface area (Å²) in [5.41, 5.74) is 0.963. The lowest BCUT2D eigenvalue weighted by Crippen LogP contribution is -2.32. The van der Waals surface area contributed by atoms with E-state index in [-0.39, 0.29) is 0 Å². The van der Waals surface area contributed by atoms with Crippen molar-refractivity contribution in [2.75, 3.05) is 7.11 Å². The zero-order valence-electron chi connectivity index (χ0n) is 8.71. The van der Waals surface area contributed by atoms with Crippen molar-refractivity contribution in [3.63, 3.8) is 0 Å². The van der Waals surface area contributed by atoms with Crippen LogP contribution in [0.5, 0.6) is 5.75 Å². The molecule has 76 valence electrons. The molecule has 0 radical (unpaired) electrons. The normalized spacial score (nSPS) is 10.0. The van der Waals surface area contributed by atoms with Gasteiger partial charge in [-0.05, 0) is 12.1 Å². The second-order valence-electron chi connectivity index (χ2n) is 3.14. The molecular weight excluding hydrogens is 190 g/mol. The molecule has 4 nitrogen and oxygen atoms in total. The fraction of sp³-hybridized carbons (Fsp3) is 0.182. The molecular formula is C11H12N3O+. The Kier molecular flexibility index (Phi) is 2.58. The van der Waals surface area contributed by atoms with Crippen LogP contribution in [-0.4, -0.2) is 17.1 Å². The van der Waals surface area contributed by atoms with Crippen molar-refractivity contribution in [1.29, 1.82) is 0 Å². The summed E-state index contributed by atoms with van der Waals surface area (Å²) in [6.07, 6.45) is 3.25. The van der Waals surface area contributed by atoms with E-state index in [1.54, 1.807) is 13.4 Å². The summed E-state index contributed by atoms with van der Waals surface area (Å²) < 4.78 is 7.14. The molecule has 1 aromatic carbocycles. The number of aryl methyl sites for hydroxylation is 1. The summed E-state index contributed by atoms with van der Waals surface area (Å²) in [4.78, 5) is 8.17. The quantitative estimate of drug-likeness (QED) is 0.681. The van der Waals surface area contributed by atoms with Crippen LogP contribution >= 0.6 is 0 Å². The Bertz CT molecular complexity index is 471. The van der Waals surface area contributed by atoms with Crippen LogP contribution in [0.15, 0.2) is 36.9 Å². The van der Waals surface area contributed by atoms with E-state index in [2.05, 4.69) is 9.97 Å². The fourth-order valence-electron chi connectivity index (χ4n) is 1.45. The van der Waals surface area contributed by atoms with E-state index in [1.807, 2.05) is 35.9 Å². The molecule has 1 heterocycles. The monoisotopic (exact) mass is 202 g/mol. The highest BCUT2D eigenvalue weighted by Crippen LogP contribution is 2.24. The first-order chi connectivity index (χ1) is 7.33. The fourth-order valence-corrected chi connectivity index (χ4v) is 1.45. The van der Waals surface area contributed by atoms with Gasteiger partial charge in [-0.15, -0.1) is 0 Å². The van der Waals surface area contributed by atoms with Crippen molar-refractivity contribution in [1.82, 2.24) is 9.97 Å². The largest absolute Gasteiger partial charge is 0.496 e. The predicted octanol–water partition coefficient (Wildman–Crippen LogP) is 0.977. The first kappa shape index (κ1) is 9.58. The van der Waals surface area contributed by atoms with Gasteiger partial charge in [0.05, 0.1) is 19.7 Å². The van der Waals surface area contributed by atoms with Gasteiger partial charge < -0.3 is 4.74 Å². The van der Waals surface area contributed by atoms with Crippen LogP contribution in [0.4, 0.5) is 0 Å². The van der Waals surface area contributed by atoms with Gasteiger partial charge in [0, 0.05) is 0 Å². The summed E-state index contributed by atoms with van der Waals surface area (Å²) in [7, 11) is 3.56. The first-order valence-electron chi connectivity index (χ1n) is 4.62. The molecule has 0 saturated heterocycles. The number of para-hydroxylation sites is 1. The Labute approximate surface area is 88.2 Å². The molecule has 0 spiro atoms. The zero-order chi connectivity index (χ0) is 10.7. The third-order valence-electron chi connectivity index (χ3n) is 2.17. The van der Waals surface area contributed by atoms with Crippen LogP contribution in [0.2, 0.25) is 0 Å². The summed E-state index contributed by atoms with van der Waals surface area (Å²) in [5.74, 6) is 1.65. The molecule has 0 saturated carbocycles. The maximum absolute atomic E-state index is 5.28. The van der Waals surface area contributed by atoms with Gasteiger partial charge in [0.1, 0.15) is 5.75 Å². The molecule has 2 aromatic rings. The van der Waals surface area contributed by atoms with E-state index < -0.39 is 0 Å². The lowest BCUT2D eigenvalue weighted by molar-refractivity contribution is -0.666. The number of hydrogen-bond acceptors (Lipinski definition) is 3. The number of hydrogen-bond donors (Lipinski definition) is 0. The van der Waals surface area contributed by atoms with Crippen LogP contribution in [0.25, 0.3) is 11.4 Å². The lowest BCUT2D eigenvalue weighted by atomic mass is 10.2. The predicted molar refractivity (Wildman–Crippen MR) is 55.2 cm³/mol. The SMILES string of the molecule is COc1ccccc1-c1ncnc[n+]1C. The zero-order valence-corrected chi connectivity index (χ0v) is 8.71. The Balaban J connectivity index is 2.59. The Hall–Kier alpha value is -1.97. The van der Waals surface area contributed by atoms with E-state index >= 15 is 0 Å². The van der Waals surface area contributed by atoms with E-state index in [4.69, 9.17) is 4.74 Å². The van der Waals surface area contributed by atoms with Crippen molar-refractivity contribution in [2.24, 2.45) is 7.05 Å². The van der Waals surface area contributed by atoms with Gasteiger partial charge in [-0.3, -0.25) is 0 Å². The average Bonchev–Trinajstić information content (AvgIpc) is 2.30. The minimum absolute atomic E-state index is 0.812. The second kappa shape index (κ2) is 4.04. The summed E-state index contributed by atoms with van der Waals surface area (Å²) in [5, 5.41) is 0. The highest BCUT2D eigenvalue weighted by Gasteiger charge is 2.13. The van der Waals surface area contributed by atoms with E-state index in [9.17, 15) is 0 Å². The van der Waals surface area contributed by atoms with Gasteiger partial charge in [-0.25, -0.2) is 4.57 Å². The molecule has 0 fully saturated rings. The number of methoxy groups -OCH3 is 1. The molecule has 0 aliphatic heterocycles. The van der Waals surface area contributed by atoms with Crippen LogP contribution in [0.1, 0.15) is 0 Å². The summed E-state index contributed by atoms with van der Waals surface area (Å²) in [6.45, 7) is 0. The third kappa shape index (κ3) is 1.79. The number of rotatable bonds is 2. The molecule has 4 heteroatoms. The summed E-state index contributed by atoms with van der Waals surface area (Å²) >= 11 is 0. The molecule has 0 aliphatic carbocycles. The Morgan fingerprint density at radius 1 is 1.27 bits per heavy atom. The molecule has 0 N–H and O–H groups in total. The van der Waals surface area contributed by atoms with E-state index in [1.165, 1.54) is 6.33 Å². The molecule has 0 bridgehead atoms. The molecule has 2 rings (SSSR count). The van der Waals surface area contributed by atoms with Gasteiger partial charge in [0.15, 0.2) is 0 Å². The van der Waals surface area contributed by atoms with Crippen molar-refractivity contribution in [2.45, 2.75) is 0 Å².